The molecule has 2 unspecified atom stereocenters. The molecule has 2 nitrogen and oxygen atoms in total. The van der Waals surface area contributed by atoms with E-state index in [2.05, 4.69) is 90.2 Å². The van der Waals surface area contributed by atoms with Gasteiger partial charge >= 0.3 is 0 Å². The summed E-state index contributed by atoms with van der Waals surface area (Å²) in [6.07, 6.45) is 2.65. The van der Waals surface area contributed by atoms with Gasteiger partial charge in [0.2, 0.25) is 0 Å². The van der Waals surface area contributed by atoms with Gasteiger partial charge in [-0.2, -0.15) is 0 Å². The van der Waals surface area contributed by atoms with E-state index in [1.807, 2.05) is 0 Å². The molecule has 0 amide bonds. The Hall–Kier alpha value is -1.99. The molecule has 3 aromatic carbocycles. The summed E-state index contributed by atoms with van der Waals surface area (Å²) in [5.74, 6) is 0. The number of aliphatic hydroxyl groups is 1. The Kier molecular flexibility index (Phi) is 5.99. The molecule has 138 valence electrons. The first-order valence-electron chi connectivity index (χ1n) is 9.72. The number of benzene rings is 3. The smallest absolute Gasteiger partial charge is 0.0733 e. The van der Waals surface area contributed by atoms with Crippen molar-refractivity contribution < 1.29 is 5.11 Å². The zero-order valence-electron chi connectivity index (χ0n) is 15.5. The fourth-order valence-electron chi connectivity index (χ4n) is 3.81. The summed E-state index contributed by atoms with van der Waals surface area (Å²) in [7, 11) is -0.562. The van der Waals surface area contributed by atoms with Crippen molar-refractivity contribution in [1.29, 1.82) is 0 Å². The molecule has 1 fully saturated rings. The van der Waals surface area contributed by atoms with Gasteiger partial charge in [-0.1, -0.05) is 84.9 Å². The third-order valence-corrected chi connectivity index (χ3v) is 7.67. The molecule has 1 heterocycles. The Bertz CT molecular complexity index is 790. The van der Waals surface area contributed by atoms with Gasteiger partial charge in [0.25, 0.3) is 0 Å². The molecule has 2 atom stereocenters. The summed E-state index contributed by atoms with van der Waals surface area (Å²) < 4.78 is 0. The van der Waals surface area contributed by atoms with Crippen molar-refractivity contribution in [3.05, 3.63) is 90.5 Å². The predicted octanol–water partition coefficient (Wildman–Crippen LogP) is 3.10. The van der Waals surface area contributed by atoms with Crippen LogP contribution in [-0.4, -0.2) is 23.8 Å². The van der Waals surface area contributed by atoms with Gasteiger partial charge in [-0.25, -0.2) is 0 Å². The number of rotatable bonds is 6. The van der Waals surface area contributed by atoms with E-state index in [1.54, 1.807) is 0 Å². The van der Waals surface area contributed by atoms with E-state index in [1.165, 1.54) is 27.9 Å². The van der Waals surface area contributed by atoms with E-state index in [0.717, 1.165) is 13.0 Å². The van der Waals surface area contributed by atoms with Crippen molar-refractivity contribution in [3.63, 3.8) is 0 Å². The van der Waals surface area contributed by atoms with Crippen LogP contribution < -0.4 is 21.2 Å². The number of aliphatic hydroxyl groups excluding tert-OH is 1. The molecule has 2 N–H and O–H groups in total. The molecule has 1 saturated heterocycles. The van der Waals surface area contributed by atoms with Gasteiger partial charge in [0.15, 0.2) is 0 Å². The van der Waals surface area contributed by atoms with Crippen molar-refractivity contribution in [2.45, 2.75) is 31.4 Å². The minimum Gasteiger partial charge on any atom is -0.391 e. The molecular weight excluding hydrogens is 349 g/mol. The second-order valence-corrected chi connectivity index (χ2v) is 9.37. The van der Waals surface area contributed by atoms with Crippen LogP contribution in [0.4, 0.5) is 0 Å². The normalized spacial score (nSPS) is 17.9. The highest BCUT2D eigenvalue weighted by atomic mass is 31.1. The van der Waals surface area contributed by atoms with Gasteiger partial charge < -0.3 is 10.4 Å². The minimum absolute atomic E-state index is 0.246. The van der Waals surface area contributed by atoms with E-state index in [4.69, 9.17) is 0 Å². The van der Waals surface area contributed by atoms with E-state index in [0.29, 0.717) is 6.42 Å². The van der Waals surface area contributed by atoms with Crippen LogP contribution in [0.2, 0.25) is 0 Å². The Morgan fingerprint density at radius 3 is 1.89 bits per heavy atom. The van der Waals surface area contributed by atoms with Crippen LogP contribution in [-0.2, 0) is 6.42 Å². The highest BCUT2D eigenvalue weighted by molar-refractivity contribution is 7.79. The summed E-state index contributed by atoms with van der Waals surface area (Å²) in [6, 6.07) is 30.6. The fourth-order valence-corrected chi connectivity index (χ4v) is 6.09. The largest absolute Gasteiger partial charge is 0.391 e. The van der Waals surface area contributed by atoms with Crippen LogP contribution in [0.1, 0.15) is 18.4 Å². The monoisotopic (exact) mass is 375 g/mol. The van der Waals surface area contributed by atoms with Gasteiger partial charge in [0.1, 0.15) is 0 Å². The Labute approximate surface area is 163 Å². The molecule has 1 aliphatic heterocycles. The van der Waals surface area contributed by atoms with Crippen LogP contribution in [0.5, 0.6) is 0 Å². The minimum atomic E-state index is -0.562. The Morgan fingerprint density at radius 1 is 0.815 bits per heavy atom. The fraction of sp³-hybridized carbons (Fsp3) is 0.250. The lowest BCUT2D eigenvalue weighted by Crippen LogP contribution is -2.36. The third kappa shape index (κ3) is 4.47. The second-order valence-electron chi connectivity index (χ2n) is 7.15. The van der Waals surface area contributed by atoms with Gasteiger partial charge in [-0.3, -0.25) is 0 Å². The van der Waals surface area contributed by atoms with Crippen molar-refractivity contribution in [2.24, 2.45) is 0 Å². The van der Waals surface area contributed by atoms with Crippen LogP contribution in [0.25, 0.3) is 0 Å². The topological polar surface area (TPSA) is 32.3 Å². The maximum Gasteiger partial charge on any atom is 0.0733 e. The summed E-state index contributed by atoms with van der Waals surface area (Å²) in [4.78, 5) is 0. The maximum atomic E-state index is 10.5. The average molecular weight is 375 g/mol. The summed E-state index contributed by atoms with van der Waals surface area (Å²) in [6.45, 7) is 1.03. The molecule has 0 saturated carbocycles. The lowest BCUT2D eigenvalue weighted by atomic mass is 10.0. The van der Waals surface area contributed by atoms with Crippen LogP contribution in [0.15, 0.2) is 84.9 Å². The lowest BCUT2D eigenvalue weighted by molar-refractivity contribution is 0.136. The van der Waals surface area contributed by atoms with E-state index >= 15 is 0 Å². The average Bonchev–Trinajstić information content (AvgIpc) is 3.26. The third-order valence-electron chi connectivity index (χ3n) is 5.23. The second kappa shape index (κ2) is 8.80. The molecule has 0 aromatic heterocycles. The zero-order chi connectivity index (χ0) is 18.5. The van der Waals surface area contributed by atoms with Crippen molar-refractivity contribution >= 4 is 23.8 Å². The van der Waals surface area contributed by atoms with E-state index in [9.17, 15) is 5.11 Å². The van der Waals surface area contributed by atoms with Crippen molar-refractivity contribution in [1.82, 2.24) is 5.32 Å². The standard InChI is InChI=1S/C24H26NOP/c26-24(23-12-7-17-25-23)18-19-13-15-22(16-14-19)27(20-8-3-1-4-9-20)21-10-5-2-6-11-21/h1-6,8-11,13-16,23-26H,7,12,17-18H2. The molecule has 4 rings (SSSR count). The van der Waals surface area contributed by atoms with E-state index in [-0.39, 0.29) is 12.1 Å². The zero-order valence-corrected chi connectivity index (χ0v) is 16.4. The highest BCUT2D eigenvalue weighted by Crippen LogP contribution is 2.32. The first kappa shape index (κ1) is 18.4. The molecule has 0 bridgehead atoms. The Morgan fingerprint density at radius 2 is 1.37 bits per heavy atom. The molecule has 0 aliphatic carbocycles. The lowest BCUT2D eigenvalue weighted by Gasteiger charge is -2.21. The molecule has 3 aromatic rings. The number of hydrogen-bond acceptors (Lipinski definition) is 2. The molecular formula is C24H26NOP. The van der Waals surface area contributed by atoms with Gasteiger partial charge in [0.05, 0.1) is 6.10 Å². The predicted molar refractivity (Wildman–Crippen MR) is 116 cm³/mol. The maximum absolute atomic E-state index is 10.5. The number of hydrogen-bond donors (Lipinski definition) is 2. The van der Waals surface area contributed by atoms with Gasteiger partial charge in [-0.05, 0) is 55.2 Å². The van der Waals surface area contributed by atoms with Crippen LogP contribution in [0.3, 0.4) is 0 Å². The van der Waals surface area contributed by atoms with Crippen molar-refractivity contribution in [2.75, 3.05) is 6.54 Å². The molecule has 3 heteroatoms. The molecule has 1 aliphatic rings. The van der Waals surface area contributed by atoms with Crippen LogP contribution >= 0.6 is 7.92 Å². The summed E-state index contributed by atoms with van der Waals surface area (Å²) in [5.41, 5.74) is 1.20. The van der Waals surface area contributed by atoms with Crippen LogP contribution in [0, 0.1) is 0 Å². The summed E-state index contributed by atoms with van der Waals surface area (Å²) in [5, 5.41) is 18.0. The quantitative estimate of drug-likeness (QED) is 0.649. The number of nitrogens with one attached hydrogen (secondary N) is 1. The Balaban J connectivity index is 1.57. The van der Waals surface area contributed by atoms with Gasteiger partial charge in [0, 0.05) is 6.04 Å². The first-order chi connectivity index (χ1) is 13.3. The first-order valence-corrected chi connectivity index (χ1v) is 11.1. The SMILES string of the molecule is OC(Cc1ccc(P(c2ccccc2)c2ccccc2)cc1)C1CCCN1. The molecule has 27 heavy (non-hydrogen) atoms. The van der Waals surface area contributed by atoms with Gasteiger partial charge in [-0.15, -0.1) is 0 Å². The molecule has 0 radical (unpaired) electrons. The highest BCUT2D eigenvalue weighted by Gasteiger charge is 2.23. The van der Waals surface area contributed by atoms with Crippen molar-refractivity contribution in [3.8, 4) is 0 Å². The summed E-state index contributed by atoms with van der Waals surface area (Å²) >= 11 is 0. The van der Waals surface area contributed by atoms with E-state index < -0.39 is 7.92 Å². The molecule has 0 spiro atoms.